The minimum absolute atomic E-state index is 0.0542. The van der Waals surface area contributed by atoms with Gasteiger partial charge in [-0.2, -0.15) is 0 Å². The van der Waals surface area contributed by atoms with E-state index in [0.717, 1.165) is 5.56 Å². The predicted molar refractivity (Wildman–Crippen MR) is 70.4 cm³/mol. The van der Waals surface area contributed by atoms with Crippen LogP contribution in [0.4, 0.5) is 4.79 Å². The van der Waals surface area contributed by atoms with Crippen LogP contribution in [0.15, 0.2) is 30.3 Å². The molecule has 1 rings (SSSR count). The van der Waals surface area contributed by atoms with Crippen molar-refractivity contribution in [2.75, 3.05) is 0 Å². The summed E-state index contributed by atoms with van der Waals surface area (Å²) in [6.07, 6.45) is -0.842. The number of ether oxygens (including phenoxy) is 1. The molecule has 1 amide bonds. The lowest BCUT2D eigenvalue weighted by Crippen LogP contribution is -2.38. The van der Waals surface area contributed by atoms with Gasteiger partial charge in [-0.3, -0.25) is 4.57 Å². The van der Waals surface area contributed by atoms with Gasteiger partial charge in [0.25, 0.3) is 0 Å². The van der Waals surface area contributed by atoms with Gasteiger partial charge in [0, 0.05) is 0 Å². The van der Waals surface area contributed by atoms with E-state index in [1.165, 1.54) is 0 Å². The molecule has 0 aliphatic carbocycles. The zero-order valence-corrected chi connectivity index (χ0v) is 11.7. The Hall–Kier alpha value is -1.36. The van der Waals surface area contributed by atoms with Gasteiger partial charge >= 0.3 is 13.7 Å². The van der Waals surface area contributed by atoms with Crippen LogP contribution >= 0.6 is 7.60 Å². The molecular weight excluding hydrogens is 269 g/mol. The van der Waals surface area contributed by atoms with Gasteiger partial charge in [-0.25, -0.2) is 4.79 Å². The molecule has 19 heavy (non-hydrogen) atoms. The predicted octanol–water partition coefficient (Wildman–Crippen LogP) is 2.07. The molecule has 0 radical (unpaired) electrons. The average molecular weight is 287 g/mol. The first kappa shape index (κ1) is 15.7. The summed E-state index contributed by atoms with van der Waals surface area (Å²) in [7, 11) is -4.39. The smallest absolute Gasteiger partial charge is 0.408 e. The summed E-state index contributed by atoms with van der Waals surface area (Å²) >= 11 is 0. The molecule has 0 bridgehead atoms. The van der Waals surface area contributed by atoms with Gasteiger partial charge in [0.1, 0.15) is 12.4 Å². The number of hydrogen-bond donors (Lipinski definition) is 3. The Bertz CT molecular complexity index is 456. The van der Waals surface area contributed by atoms with Crippen molar-refractivity contribution in [3.8, 4) is 0 Å². The molecule has 0 heterocycles. The second-order valence-corrected chi connectivity index (χ2v) is 6.22. The molecule has 0 aromatic heterocycles. The van der Waals surface area contributed by atoms with Crippen LogP contribution in [0.3, 0.4) is 0 Å². The maximum absolute atomic E-state index is 11.5. The molecule has 6 nitrogen and oxygen atoms in total. The number of alkyl carbamates (subject to hydrolysis) is 1. The molecule has 1 atom stereocenters. The second-order valence-electron chi connectivity index (χ2n) is 4.48. The highest BCUT2D eigenvalue weighted by Gasteiger charge is 2.33. The average Bonchev–Trinajstić information content (AvgIpc) is 2.33. The number of hydrogen-bond acceptors (Lipinski definition) is 3. The highest BCUT2D eigenvalue weighted by atomic mass is 31.2. The minimum Gasteiger partial charge on any atom is -0.445 e. The first-order valence-corrected chi connectivity index (χ1v) is 7.51. The minimum atomic E-state index is -4.39. The standard InChI is InChI=1S/C12H18NO5P/c1-9(2)11(19(15,16)17)13-12(14)18-8-10-6-4-3-5-7-10/h3-7,9,11H,8H2,1-2H3,(H,13,14)(H2,15,16,17)/t11-/m1/s1. The van der Waals surface area contributed by atoms with Crippen LogP contribution in [0.1, 0.15) is 19.4 Å². The molecule has 0 saturated carbocycles. The Morgan fingerprint density at radius 1 is 1.32 bits per heavy atom. The molecule has 0 aliphatic rings. The molecule has 106 valence electrons. The molecule has 3 N–H and O–H groups in total. The summed E-state index contributed by atoms with van der Waals surface area (Å²) in [4.78, 5) is 29.7. The summed E-state index contributed by atoms with van der Waals surface area (Å²) < 4.78 is 16.1. The quantitative estimate of drug-likeness (QED) is 0.720. The van der Waals surface area contributed by atoms with E-state index < -0.39 is 25.4 Å². The Kier molecular flexibility index (Phi) is 5.54. The highest BCUT2D eigenvalue weighted by Crippen LogP contribution is 2.43. The van der Waals surface area contributed by atoms with E-state index in [4.69, 9.17) is 14.5 Å². The molecule has 0 spiro atoms. The van der Waals surface area contributed by atoms with E-state index in [9.17, 15) is 9.36 Å². The summed E-state index contributed by atoms with van der Waals surface area (Å²) in [6, 6.07) is 9.03. The molecule has 0 saturated heterocycles. The fourth-order valence-corrected chi connectivity index (χ4v) is 2.58. The van der Waals surface area contributed by atoms with Crippen molar-refractivity contribution in [1.82, 2.24) is 5.32 Å². The van der Waals surface area contributed by atoms with Crippen molar-refractivity contribution in [3.63, 3.8) is 0 Å². The van der Waals surface area contributed by atoms with E-state index >= 15 is 0 Å². The number of carbonyl (C=O) groups is 1. The molecule has 0 unspecified atom stereocenters. The Balaban J connectivity index is 2.52. The largest absolute Gasteiger partial charge is 0.445 e. The number of rotatable bonds is 5. The van der Waals surface area contributed by atoms with Gasteiger partial charge in [-0.15, -0.1) is 0 Å². The monoisotopic (exact) mass is 287 g/mol. The molecule has 1 aromatic carbocycles. The summed E-state index contributed by atoms with van der Waals surface area (Å²) in [6.45, 7) is 3.28. The Morgan fingerprint density at radius 3 is 2.37 bits per heavy atom. The third-order valence-electron chi connectivity index (χ3n) is 2.47. The van der Waals surface area contributed by atoms with Crippen molar-refractivity contribution >= 4 is 13.7 Å². The van der Waals surface area contributed by atoms with Crippen molar-refractivity contribution < 1.29 is 23.9 Å². The molecule has 7 heteroatoms. The maximum atomic E-state index is 11.5. The van der Waals surface area contributed by atoms with E-state index in [-0.39, 0.29) is 6.61 Å². The first-order chi connectivity index (χ1) is 8.80. The molecule has 0 fully saturated rings. The van der Waals surface area contributed by atoms with Crippen molar-refractivity contribution in [2.45, 2.75) is 26.2 Å². The van der Waals surface area contributed by atoms with Crippen molar-refractivity contribution in [2.24, 2.45) is 5.92 Å². The zero-order chi connectivity index (χ0) is 14.5. The van der Waals surface area contributed by atoms with Crippen molar-refractivity contribution in [1.29, 1.82) is 0 Å². The number of benzene rings is 1. The van der Waals surface area contributed by atoms with E-state index in [1.54, 1.807) is 26.0 Å². The molecular formula is C12H18NO5P. The van der Waals surface area contributed by atoms with Crippen LogP contribution in [-0.4, -0.2) is 21.7 Å². The van der Waals surface area contributed by atoms with Crippen LogP contribution in [0.5, 0.6) is 0 Å². The lowest BCUT2D eigenvalue weighted by molar-refractivity contribution is 0.135. The molecule has 1 aromatic rings. The fraction of sp³-hybridized carbons (Fsp3) is 0.417. The van der Waals surface area contributed by atoms with Crippen LogP contribution in [0.2, 0.25) is 0 Å². The van der Waals surface area contributed by atoms with Gasteiger partial charge in [-0.05, 0) is 11.5 Å². The van der Waals surface area contributed by atoms with Crippen LogP contribution < -0.4 is 5.32 Å². The number of amides is 1. The normalized spacial score (nSPS) is 13.1. The van der Waals surface area contributed by atoms with Gasteiger partial charge in [0.05, 0.1) is 0 Å². The van der Waals surface area contributed by atoms with Gasteiger partial charge in [0.2, 0.25) is 0 Å². The second kappa shape index (κ2) is 6.70. The van der Waals surface area contributed by atoms with Gasteiger partial charge in [0.15, 0.2) is 0 Å². The van der Waals surface area contributed by atoms with Crippen molar-refractivity contribution in [3.05, 3.63) is 35.9 Å². The lowest BCUT2D eigenvalue weighted by Gasteiger charge is -2.22. The number of nitrogens with one attached hydrogen (secondary N) is 1. The summed E-state index contributed by atoms with van der Waals surface area (Å²) in [5.74, 6) is -1.64. The Morgan fingerprint density at radius 2 is 1.89 bits per heavy atom. The fourth-order valence-electron chi connectivity index (χ4n) is 1.52. The van der Waals surface area contributed by atoms with Crippen LogP contribution in [0, 0.1) is 5.92 Å². The Labute approximate surface area is 111 Å². The number of carbonyl (C=O) groups excluding carboxylic acids is 1. The SMILES string of the molecule is CC(C)[C@H](NC(=O)OCc1ccccc1)P(=O)(O)O. The van der Waals surface area contributed by atoms with Gasteiger partial charge < -0.3 is 19.8 Å². The van der Waals surface area contributed by atoms with Crippen LogP contribution in [0.25, 0.3) is 0 Å². The summed E-state index contributed by atoms with van der Waals surface area (Å²) in [5, 5.41) is 2.20. The van der Waals surface area contributed by atoms with E-state index in [0.29, 0.717) is 0 Å². The topological polar surface area (TPSA) is 95.9 Å². The first-order valence-electron chi connectivity index (χ1n) is 5.83. The lowest BCUT2D eigenvalue weighted by atomic mass is 10.2. The zero-order valence-electron chi connectivity index (χ0n) is 10.8. The van der Waals surface area contributed by atoms with Gasteiger partial charge in [-0.1, -0.05) is 44.2 Å². The van der Waals surface area contributed by atoms with Crippen LogP contribution in [-0.2, 0) is 15.9 Å². The highest BCUT2D eigenvalue weighted by molar-refractivity contribution is 7.52. The maximum Gasteiger partial charge on any atom is 0.408 e. The summed E-state index contributed by atoms with van der Waals surface area (Å²) in [5.41, 5.74) is 0.801. The molecule has 0 aliphatic heterocycles. The third-order valence-corrected chi connectivity index (χ3v) is 3.92. The van der Waals surface area contributed by atoms with E-state index in [1.807, 2.05) is 18.2 Å². The third kappa shape index (κ3) is 5.42. The van der Waals surface area contributed by atoms with E-state index in [2.05, 4.69) is 5.32 Å².